The third-order valence-corrected chi connectivity index (χ3v) is 8.68. The standard InChI is InChI=1S/C38H43NO3/c1-28(39-37(29-15-7-4-8-16-29)30-17-9-5-10-18-30)27-36(40)42-35-22-14-13-21-34(35)38(2,3)31-23-25-33(26-24-31)41-32-19-11-6-12-20-32/h4-12,15-20,23-26,28,34-35,37,39H,13-14,21-22,27H2,1-3H3/t28?,34-,35-/m1/s1. The number of nitrogens with one attached hydrogen (secondary N) is 1. The summed E-state index contributed by atoms with van der Waals surface area (Å²) in [6, 6.07) is 39.0. The molecule has 1 unspecified atom stereocenters. The van der Waals surface area contributed by atoms with Gasteiger partial charge in [-0.3, -0.25) is 4.79 Å². The lowest BCUT2D eigenvalue weighted by atomic mass is 9.66. The highest BCUT2D eigenvalue weighted by Gasteiger charge is 2.40. The molecular formula is C38H43NO3. The minimum Gasteiger partial charge on any atom is -0.462 e. The summed E-state index contributed by atoms with van der Waals surface area (Å²) >= 11 is 0. The summed E-state index contributed by atoms with van der Waals surface area (Å²) in [6.45, 7) is 6.64. The molecule has 1 saturated carbocycles. The number of hydrogen-bond donors (Lipinski definition) is 1. The van der Waals surface area contributed by atoms with E-state index in [4.69, 9.17) is 9.47 Å². The number of benzene rings is 4. The van der Waals surface area contributed by atoms with Gasteiger partial charge in [-0.15, -0.1) is 0 Å². The predicted octanol–water partition coefficient (Wildman–Crippen LogP) is 9.02. The second-order valence-corrected chi connectivity index (χ2v) is 12.1. The topological polar surface area (TPSA) is 47.6 Å². The Kier molecular flexibility index (Phi) is 9.76. The quantitative estimate of drug-likeness (QED) is 0.186. The first-order valence-corrected chi connectivity index (χ1v) is 15.3. The molecule has 0 amide bonds. The van der Waals surface area contributed by atoms with Crippen molar-refractivity contribution in [3.8, 4) is 11.5 Å². The van der Waals surface area contributed by atoms with Gasteiger partial charge in [-0.05, 0) is 72.6 Å². The molecule has 0 bridgehead atoms. The summed E-state index contributed by atoms with van der Waals surface area (Å²) in [6.07, 6.45) is 4.44. The predicted molar refractivity (Wildman–Crippen MR) is 170 cm³/mol. The number of carbonyl (C=O) groups is 1. The molecule has 4 aromatic rings. The molecule has 3 atom stereocenters. The van der Waals surface area contributed by atoms with Gasteiger partial charge in [0, 0.05) is 12.0 Å². The van der Waals surface area contributed by atoms with Crippen LogP contribution in [0.1, 0.15) is 75.6 Å². The summed E-state index contributed by atoms with van der Waals surface area (Å²) < 4.78 is 12.3. The maximum absolute atomic E-state index is 13.3. The Labute approximate surface area is 251 Å². The fourth-order valence-electron chi connectivity index (χ4n) is 6.34. The first kappa shape index (κ1) is 29.6. The Morgan fingerprint density at radius 1 is 0.762 bits per heavy atom. The van der Waals surface area contributed by atoms with Gasteiger partial charge in [0.2, 0.25) is 0 Å². The van der Waals surface area contributed by atoms with Crippen LogP contribution < -0.4 is 10.1 Å². The number of para-hydroxylation sites is 1. The Hall–Kier alpha value is -3.89. The van der Waals surface area contributed by atoms with E-state index in [1.807, 2.05) is 54.6 Å². The zero-order valence-electron chi connectivity index (χ0n) is 25.0. The molecule has 4 heteroatoms. The molecule has 4 nitrogen and oxygen atoms in total. The average Bonchev–Trinajstić information content (AvgIpc) is 3.01. The zero-order chi connectivity index (χ0) is 29.4. The molecule has 1 aliphatic rings. The van der Waals surface area contributed by atoms with Gasteiger partial charge in [-0.1, -0.05) is 111 Å². The fraction of sp³-hybridized carbons (Fsp3) is 0.342. The van der Waals surface area contributed by atoms with Crippen LogP contribution in [0.25, 0.3) is 0 Å². The van der Waals surface area contributed by atoms with Crippen LogP contribution in [0, 0.1) is 5.92 Å². The summed E-state index contributed by atoms with van der Waals surface area (Å²) in [5, 5.41) is 3.69. The smallest absolute Gasteiger partial charge is 0.307 e. The lowest BCUT2D eigenvalue weighted by Crippen LogP contribution is -2.42. The molecule has 0 radical (unpaired) electrons. The molecule has 0 spiro atoms. The van der Waals surface area contributed by atoms with Crippen molar-refractivity contribution in [2.24, 2.45) is 5.92 Å². The van der Waals surface area contributed by atoms with E-state index in [0.29, 0.717) is 6.42 Å². The first-order chi connectivity index (χ1) is 20.4. The van der Waals surface area contributed by atoms with E-state index in [0.717, 1.165) is 37.2 Å². The number of ether oxygens (including phenoxy) is 2. The zero-order valence-corrected chi connectivity index (χ0v) is 25.0. The maximum atomic E-state index is 13.3. The van der Waals surface area contributed by atoms with Gasteiger partial charge >= 0.3 is 5.97 Å². The van der Waals surface area contributed by atoms with E-state index in [1.165, 1.54) is 16.7 Å². The number of hydrogen-bond acceptors (Lipinski definition) is 4. The monoisotopic (exact) mass is 561 g/mol. The van der Waals surface area contributed by atoms with Crippen molar-refractivity contribution >= 4 is 5.97 Å². The number of carbonyl (C=O) groups excluding carboxylic acids is 1. The number of esters is 1. The van der Waals surface area contributed by atoms with Gasteiger partial charge in [0.1, 0.15) is 17.6 Å². The SMILES string of the molecule is CC(CC(=O)O[C@@H]1CCCC[C@H]1C(C)(C)c1ccc(Oc2ccccc2)cc1)NC(c1ccccc1)c1ccccc1. The van der Waals surface area contributed by atoms with E-state index in [1.54, 1.807) is 0 Å². The highest BCUT2D eigenvalue weighted by atomic mass is 16.5. The van der Waals surface area contributed by atoms with Gasteiger partial charge in [0.25, 0.3) is 0 Å². The van der Waals surface area contributed by atoms with E-state index in [9.17, 15) is 4.79 Å². The molecule has 1 fully saturated rings. The first-order valence-electron chi connectivity index (χ1n) is 15.3. The van der Waals surface area contributed by atoms with Crippen LogP contribution in [0.4, 0.5) is 0 Å². The summed E-state index contributed by atoms with van der Waals surface area (Å²) in [7, 11) is 0. The largest absolute Gasteiger partial charge is 0.462 e. The second-order valence-electron chi connectivity index (χ2n) is 12.1. The van der Waals surface area contributed by atoms with Crippen LogP contribution in [0.5, 0.6) is 11.5 Å². The molecule has 0 aliphatic heterocycles. The molecule has 1 N–H and O–H groups in total. The third-order valence-electron chi connectivity index (χ3n) is 8.68. The van der Waals surface area contributed by atoms with Crippen molar-refractivity contribution in [2.45, 2.75) is 76.5 Å². The van der Waals surface area contributed by atoms with Crippen LogP contribution in [-0.4, -0.2) is 18.1 Å². The maximum Gasteiger partial charge on any atom is 0.307 e. The van der Waals surface area contributed by atoms with Crippen LogP contribution in [0.2, 0.25) is 0 Å². The lowest BCUT2D eigenvalue weighted by molar-refractivity contribution is -0.156. The Morgan fingerprint density at radius 3 is 1.88 bits per heavy atom. The molecule has 5 rings (SSSR count). The Morgan fingerprint density at radius 2 is 1.29 bits per heavy atom. The molecule has 42 heavy (non-hydrogen) atoms. The van der Waals surface area contributed by atoms with Crippen molar-refractivity contribution in [1.29, 1.82) is 0 Å². The molecule has 218 valence electrons. The molecule has 0 aromatic heterocycles. The lowest BCUT2D eigenvalue weighted by Gasteiger charge is -2.42. The van der Waals surface area contributed by atoms with Crippen LogP contribution in [0.3, 0.4) is 0 Å². The fourth-order valence-corrected chi connectivity index (χ4v) is 6.34. The van der Waals surface area contributed by atoms with Crippen LogP contribution >= 0.6 is 0 Å². The third kappa shape index (κ3) is 7.49. The molecule has 4 aromatic carbocycles. The highest BCUT2D eigenvalue weighted by Crippen LogP contribution is 2.43. The highest BCUT2D eigenvalue weighted by molar-refractivity contribution is 5.70. The van der Waals surface area contributed by atoms with Crippen molar-refractivity contribution in [2.75, 3.05) is 0 Å². The van der Waals surface area contributed by atoms with E-state index < -0.39 is 0 Å². The normalized spacial score (nSPS) is 17.9. The Bertz CT molecular complexity index is 1350. The summed E-state index contributed by atoms with van der Waals surface area (Å²) in [4.78, 5) is 13.3. The minimum atomic E-state index is -0.147. The van der Waals surface area contributed by atoms with E-state index >= 15 is 0 Å². The molecule has 0 saturated heterocycles. The molecule has 0 heterocycles. The summed E-state index contributed by atoms with van der Waals surface area (Å²) in [5.74, 6) is 1.76. The van der Waals surface area contributed by atoms with E-state index in [-0.39, 0.29) is 35.5 Å². The van der Waals surface area contributed by atoms with Gasteiger partial charge in [-0.2, -0.15) is 0 Å². The Balaban J connectivity index is 1.22. The van der Waals surface area contributed by atoms with Gasteiger partial charge in [-0.25, -0.2) is 0 Å². The van der Waals surface area contributed by atoms with Crippen LogP contribution in [-0.2, 0) is 14.9 Å². The van der Waals surface area contributed by atoms with Crippen molar-refractivity contribution < 1.29 is 14.3 Å². The molecule has 1 aliphatic carbocycles. The summed E-state index contributed by atoms with van der Waals surface area (Å²) in [5.41, 5.74) is 3.45. The van der Waals surface area contributed by atoms with Crippen LogP contribution in [0.15, 0.2) is 115 Å². The number of rotatable bonds is 11. The minimum absolute atomic E-state index is 0.00500. The average molecular weight is 562 g/mol. The van der Waals surface area contributed by atoms with Crippen molar-refractivity contribution in [3.63, 3.8) is 0 Å². The van der Waals surface area contributed by atoms with Crippen molar-refractivity contribution in [1.82, 2.24) is 5.32 Å². The van der Waals surface area contributed by atoms with Gasteiger partial charge in [0.15, 0.2) is 0 Å². The van der Waals surface area contributed by atoms with Gasteiger partial charge in [0.05, 0.1) is 12.5 Å². The van der Waals surface area contributed by atoms with Gasteiger partial charge < -0.3 is 14.8 Å². The van der Waals surface area contributed by atoms with Crippen molar-refractivity contribution in [3.05, 3.63) is 132 Å². The second kappa shape index (κ2) is 13.8. The van der Waals surface area contributed by atoms with E-state index in [2.05, 4.69) is 86.8 Å². The molecular weight excluding hydrogens is 518 g/mol.